The first kappa shape index (κ1) is 11.5. The zero-order chi connectivity index (χ0) is 12.5. The van der Waals surface area contributed by atoms with Gasteiger partial charge in [0, 0.05) is 43.1 Å². The second-order valence-electron chi connectivity index (χ2n) is 4.86. The van der Waals surface area contributed by atoms with Gasteiger partial charge in [0.1, 0.15) is 5.82 Å². The lowest BCUT2D eigenvalue weighted by Crippen LogP contribution is -2.36. The zero-order valence-electron chi connectivity index (χ0n) is 10.5. The highest BCUT2D eigenvalue weighted by Gasteiger charge is 2.23. The van der Waals surface area contributed by atoms with Gasteiger partial charge in [0.05, 0.1) is 0 Å². The van der Waals surface area contributed by atoms with Gasteiger partial charge in [-0.1, -0.05) is 18.2 Å². The molecular weight excluding hydrogens is 227 g/mol. The first-order chi connectivity index (χ1) is 8.75. The van der Waals surface area contributed by atoms with Gasteiger partial charge in [0.25, 0.3) is 0 Å². The van der Waals surface area contributed by atoms with Crippen molar-refractivity contribution in [2.45, 2.75) is 26.1 Å². The lowest BCUT2D eigenvalue weighted by molar-refractivity contribution is 0.159. The van der Waals surface area contributed by atoms with Crippen LogP contribution >= 0.6 is 0 Å². The monoisotopic (exact) mass is 244 g/mol. The van der Waals surface area contributed by atoms with Crippen molar-refractivity contribution in [2.24, 2.45) is 0 Å². The lowest BCUT2D eigenvalue weighted by Gasteiger charge is -2.34. The van der Waals surface area contributed by atoms with Gasteiger partial charge in [0.2, 0.25) is 0 Å². The van der Waals surface area contributed by atoms with Crippen LogP contribution in [0.2, 0.25) is 0 Å². The third-order valence-corrected chi connectivity index (χ3v) is 3.80. The van der Waals surface area contributed by atoms with E-state index in [2.05, 4.69) is 34.7 Å². The molecular formula is C15H17FN2. The molecule has 3 heteroatoms. The van der Waals surface area contributed by atoms with Crippen LogP contribution in [0.3, 0.4) is 0 Å². The molecule has 0 N–H and O–H groups in total. The Morgan fingerprint density at radius 3 is 2.83 bits per heavy atom. The van der Waals surface area contributed by atoms with Crippen molar-refractivity contribution in [3.8, 4) is 0 Å². The third-order valence-electron chi connectivity index (χ3n) is 3.80. The number of fused-ring (bicyclic) bond motifs is 1. The summed E-state index contributed by atoms with van der Waals surface area (Å²) < 4.78 is 16.0. The van der Waals surface area contributed by atoms with Crippen LogP contribution in [0, 0.1) is 5.82 Å². The molecule has 0 aliphatic carbocycles. The Kier molecular flexibility index (Phi) is 2.92. The summed E-state index contributed by atoms with van der Waals surface area (Å²) in [5.41, 5.74) is 2.10. The highest BCUT2D eigenvalue weighted by Crippen LogP contribution is 2.27. The maximum atomic E-state index is 13.7. The Morgan fingerprint density at radius 1 is 1.17 bits per heavy atom. The fourth-order valence-corrected chi connectivity index (χ4v) is 2.69. The molecule has 1 aromatic heterocycles. The van der Waals surface area contributed by atoms with Crippen LogP contribution < -0.4 is 0 Å². The van der Waals surface area contributed by atoms with Crippen LogP contribution in [0.25, 0.3) is 0 Å². The molecule has 18 heavy (non-hydrogen) atoms. The van der Waals surface area contributed by atoms with E-state index in [1.807, 2.05) is 12.1 Å². The maximum absolute atomic E-state index is 13.7. The van der Waals surface area contributed by atoms with Gasteiger partial charge in [-0.3, -0.25) is 4.90 Å². The van der Waals surface area contributed by atoms with Crippen LogP contribution in [0.4, 0.5) is 4.39 Å². The largest absolute Gasteiger partial charge is 0.349 e. The summed E-state index contributed by atoms with van der Waals surface area (Å²) in [6.07, 6.45) is 2.12. The van der Waals surface area contributed by atoms with Crippen molar-refractivity contribution in [1.29, 1.82) is 0 Å². The summed E-state index contributed by atoms with van der Waals surface area (Å²) in [6.45, 7) is 4.82. The first-order valence-electron chi connectivity index (χ1n) is 6.38. The Labute approximate surface area is 107 Å². The second kappa shape index (κ2) is 4.58. The van der Waals surface area contributed by atoms with Crippen LogP contribution in [-0.4, -0.2) is 16.0 Å². The first-order valence-corrected chi connectivity index (χ1v) is 6.38. The molecule has 1 unspecified atom stereocenters. The van der Waals surface area contributed by atoms with Crippen molar-refractivity contribution < 1.29 is 4.39 Å². The lowest BCUT2D eigenvalue weighted by atomic mass is 10.1. The van der Waals surface area contributed by atoms with E-state index in [1.54, 1.807) is 6.07 Å². The Bertz CT molecular complexity index is 547. The molecule has 94 valence electrons. The van der Waals surface area contributed by atoms with E-state index >= 15 is 0 Å². The molecule has 0 saturated carbocycles. The summed E-state index contributed by atoms with van der Waals surface area (Å²) in [5.74, 6) is -0.106. The molecule has 2 heterocycles. The number of hydrogen-bond donors (Lipinski definition) is 0. The minimum atomic E-state index is -0.106. The number of rotatable bonds is 2. The van der Waals surface area contributed by atoms with Gasteiger partial charge in [-0.2, -0.15) is 0 Å². The third kappa shape index (κ3) is 1.95. The van der Waals surface area contributed by atoms with E-state index in [9.17, 15) is 4.39 Å². The van der Waals surface area contributed by atoms with E-state index in [1.165, 1.54) is 11.8 Å². The summed E-state index contributed by atoms with van der Waals surface area (Å²) in [7, 11) is 0. The molecule has 0 saturated heterocycles. The van der Waals surface area contributed by atoms with Gasteiger partial charge in [-0.05, 0) is 25.1 Å². The Hall–Kier alpha value is -1.61. The molecule has 0 spiro atoms. The summed E-state index contributed by atoms with van der Waals surface area (Å²) in [6, 6.07) is 11.6. The van der Waals surface area contributed by atoms with Crippen LogP contribution in [0.15, 0.2) is 42.6 Å². The van der Waals surface area contributed by atoms with Crippen LogP contribution in [-0.2, 0) is 13.1 Å². The van der Waals surface area contributed by atoms with E-state index in [-0.39, 0.29) is 5.82 Å². The topological polar surface area (TPSA) is 8.17 Å². The molecule has 0 radical (unpaired) electrons. The molecule has 0 amide bonds. The average Bonchev–Trinajstić information content (AvgIpc) is 2.84. The molecule has 1 aliphatic rings. The fourth-order valence-electron chi connectivity index (χ4n) is 2.69. The Balaban J connectivity index is 1.81. The smallest absolute Gasteiger partial charge is 0.127 e. The van der Waals surface area contributed by atoms with Crippen LogP contribution in [0.1, 0.15) is 24.2 Å². The highest BCUT2D eigenvalue weighted by atomic mass is 19.1. The quantitative estimate of drug-likeness (QED) is 0.787. The van der Waals surface area contributed by atoms with Gasteiger partial charge in [-0.25, -0.2) is 4.39 Å². The number of aromatic nitrogens is 1. The Morgan fingerprint density at radius 2 is 2.00 bits per heavy atom. The second-order valence-corrected chi connectivity index (χ2v) is 4.86. The molecule has 2 aromatic rings. The van der Waals surface area contributed by atoms with Gasteiger partial charge in [-0.15, -0.1) is 0 Å². The minimum Gasteiger partial charge on any atom is -0.349 e. The van der Waals surface area contributed by atoms with Crippen LogP contribution in [0.5, 0.6) is 0 Å². The number of nitrogens with zero attached hydrogens (tertiary/aromatic N) is 2. The number of hydrogen-bond acceptors (Lipinski definition) is 1. The number of halogens is 1. The molecule has 2 nitrogen and oxygen atoms in total. The van der Waals surface area contributed by atoms with Crippen molar-refractivity contribution in [2.75, 3.05) is 6.54 Å². The summed E-state index contributed by atoms with van der Waals surface area (Å²) in [5, 5.41) is 0. The number of benzene rings is 1. The molecule has 1 aromatic carbocycles. The maximum Gasteiger partial charge on any atom is 0.127 e. The van der Waals surface area contributed by atoms with E-state index in [4.69, 9.17) is 0 Å². The van der Waals surface area contributed by atoms with Crippen molar-refractivity contribution in [1.82, 2.24) is 9.47 Å². The molecule has 0 fully saturated rings. The zero-order valence-corrected chi connectivity index (χ0v) is 10.5. The fraction of sp³-hybridized carbons (Fsp3) is 0.333. The van der Waals surface area contributed by atoms with E-state index < -0.39 is 0 Å². The molecule has 0 bridgehead atoms. The summed E-state index contributed by atoms with van der Waals surface area (Å²) in [4.78, 5) is 2.33. The SMILES string of the molecule is CC1c2cccn2CCN1Cc1ccccc1F. The van der Waals surface area contributed by atoms with E-state index in [0.29, 0.717) is 12.6 Å². The molecule has 1 aliphatic heterocycles. The normalized spacial score (nSPS) is 19.8. The van der Waals surface area contributed by atoms with Crippen molar-refractivity contribution in [3.05, 3.63) is 59.7 Å². The predicted molar refractivity (Wildman–Crippen MR) is 69.7 cm³/mol. The van der Waals surface area contributed by atoms with E-state index in [0.717, 1.165) is 18.7 Å². The summed E-state index contributed by atoms with van der Waals surface area (Å²) >= 11 is 0. The van der Waals surface area contributed by atoms with Crippen molar-refractivity contribution >= 4 is 0 Å². The van der Waals surface area contributed by atoms with Crippen molar-refractivity contribution in [3.63, 3.8) is 0 Å². The molecule has 1 atom stereocenters. The standard InChI is InChI=1S/C15H17FN2/c1-12-15-7-4-8-17(15)9-10-18(12)11-13-5-2-3-6-14(13)16/h2-8,12H,9-11H2,1H3. The average molecular weight is 244 g/mol. The molecule has 3 rings (SSSR count). The highest BCUT2D eigenvalue weighted by molar-refractivity contribution is 5.19. The minimum absolute atomic E-state index is 0.106. The van der Waals surface area contributed by atoms with Gasteiger partial charge >= 0.3 is 0 Å². The van der Waals surface area contributed by atoms with Gasteiger partial charge < -0.3 is 4.57 Å². The predicted octanol–water partition coefficient (Wildman–Crippen LogP) is 3.20. The van der Waals surface area contributed by atoms with Gasteiger partial charge in [0.15, 0.2) is 0 Å².